The summed E-state index contributed by atoms with van der Waals surface area (Å²) in [4.78, 5) is 11.9. The summed E-state index contributed by atoms with van der Waals surface area (Å²) < 4.78 is 11.9. The monoisotopic (exact) mass is 425 g/mol. The zero-order chi connectivity index (χ0) is 18.1. The van der Waals surface area contributed by atoms with Gasteiger partial charge in [-0.25, -0.2) is 0 Å². The molecule has 0 heterocycles. The van der Waals surface area contributed by atoms with E-state index in [1.165, 1.54) is 0 Å². The van der Waals surface area contributed by atoms with E-state index in [0.29, 0.717) is 23.9 Å². The van der Waals surface area contributed by atoms with Gasteiger partial charge in [0.05, 0.1) is 11.6 Å². The standard InChI is InChI=1S/C19H21BrClNO3/c1-2-24-17-8-4-3-6-14(17)7-5-11-22-19(23)13-25-18-10-9-15(20)12-16(18)21/h3-4,6,8-10,12H,2,5,7,11,13H2,1H3,(H,22,23). The van der Waals surface area contributed by atoms with Crippen molar-refractivity contribution < 1.29 is 14.3 Å². The fraction of sp³-hybridized carbons (Fsp3) is 0.316. The molecule has 0 saturated carbocycles. The normalized spacial score (nSPS) is 10.4. The molecule has 25 heavy (non-hydrogen) atoms. The first kappa shape index (κ1) is 19.6. The lowest BCUT2D eigenvalue weighted by atomic mass is 10.1. The molecular formula is C19H21BrClNO3. The molecule has 0 aromatic heterocycles. The number of para-hydroxylation sites is 1. The number of nitrogens with one attached hydrogen (secondary N) is 1. The van der Waals surface area contributed by atoms with E-state index in [2.05, 4.69) is 21.2 Å². The minimum absolute atomic E-state index is 0.0586. The Labute approximate surface area is 161 Å². The second-order valence-electron chi connectivity index (χ2n) is 5.36. The first-order valence-electron chi connectivity index (χ1n) is 8.15. The summed E-state index contributed by atoms with van der Waals surface area (Å²) >= 11 is 9.37. The van der Waals surface area contributed by atoms with E-state index >= 15 is 0 Å². The Morgan fingerprint density at radius 3 is 2.72 bits per heavy atom. The van der Waals surface area contributed by atoms with E-state index < -0.39 is 0 Å². The average molecular weight is 427 g/mol. The van der Waals surface area contributed by atoms with Gasteiger partial charge in [0, 0.05) is 11.0 Å². The number of aryl methyl sites for hydroxylation is 1. The molecule has 0 aliphatic carbocycles. The van der Waals surface area contributed by atoms with Crippen molar-refractivity contribution in [2.45, 2.75) is 19.8 Å². The van der Waals surface area contributed by atoms with Gasteiger partial charge < -0.3 is 14.8 Å². The van der Waals surface area contributed by atoms with Gasteiger partial charge in [-0.1, -0.05) is 45.7 Å². The number of ether oxygens (including phenoxy) is 2. The molecule has 0 bridgehead atoms. The number of rotatable bonds is 9. The maximum atomic E-state index is 11.9. The molecule has 6 heteroatoms. The zero-order valence-electron chi connectivity index (χ0n) is 14.1. The predicted octanol–water partition coefficient (Wildman–Crippen LogP) is 4.63. The number of hydrogen-bond donors (Lipinski definition) is 1. The molecule has 0 atom stereocenters. The molecule has 0 saturated heterocycles. The quantitative estimate of drug-likeness (QED) is 0.595. The van der Waals surface area contributed by atoms with Crippen LogP contribution in [-0.2, 0) is 11.2 Å². The fourth-order valence-corrected chi connectivity index (χ4v) is 3.03. The Morgan fingerprint density at radius 1 is 1.16 bits per heavy atom. The number of carbonyl (C=O) groups excluding carboxylic acids is 1. The van der Waals surface area contributed by atoms with Crippen molar-refractivity contribution in [3.05, 3.63) is 57.5 Å². The summed E-state index contributed by atoms with van der Waals surface area (Å²) in [5, 5.41) is 3.32. The van der Waals surface area contributed by atoms with Crippen molar-refractivity contribution in [3.8, 4) is 11.5 Å². The molecule has 1 amide bonds. The van der Waals surface area contributed by atoms with E-state index in [9.17, 15) is 4.79 Å². The third-order valence-corrected chi connectivity index (χ3v) is 4.26. The summed E-state index contributed by atoms with van der Waals surface area (Å²) in [5.41, 5.74) is 1.15. The fourth-order valence-electron chi connectivity index (χ4n) is 2.30. The number of halogens is 2. The first-order valence-corrected chi connectivity index (χ1v) is 9.32. The van der Waals surface area contributed by atoms with Crippen molar-refractivity contribution >= 4 is 33.4 Å². The lowest BCUT2D eigenvalue weighted by Gasteiger charge is -2.11. The van der Waals surface area contributed by atoms with E-state index in [1.54, 1.807) is 12.1 Å². The van der Waals surface area contributed by atoms with Crippen LogP contribution in [0.25, 0.3) is 0 Å². The highest BCUT2D eigenvalue weighted by atomic mass is 79.9. The van der Waals surface area contributed by atoms with E-state index in [-0.39, 0.29) is 12.5 Å². The lowest BCUT2D eigenvalue weighted by molar-refractivity contribution is -0.123. The van der Waals surface area contributed by atoms with Gasteiger partial charge in [-0.3, -0.25) is 4.79 Å². The van der Waals surface area contributed by atoms with Gasteiger partial charge in [0.15, 0.2) is 6.61 Å². The minimum Gasteiger partial charge on any atom is -0.494 e. The van der Waals surface area contributed by atoms with Crippen molar-refractivity contribution in [2.24, 2.45) is 0 Å². The summed E-state index contributed by atoms with van der Waals surface area (Å²) in [6.45, 7) is 3.13. The summed E-state index contributed by atoms with van der Waals surface area (Å²) in [5.74, 6) is 1.23. The van der Waals surface area contributed by atoms with Crippen molar-refractivity contribution in [2.75, 3.05) is 19.8 Å². The van der Waals surface area contributed by atoms with E-state index in [1.807, 2.05) is 37.3 Å². The van der Waals surface area contributed by atoms with Gasteiger partial charge >= 0.3 is 0 Å². The molecule has 0 spiro atoms. The van der Waals surface area contributed by atoms with Gasteiger partial charge in [-0.15, -0.1) is 0 Å². The van der Waals surface area contributed by atoms with Crippen molar-refractivity contribution in [1.82, 2.24) is 5.32 Å². The van der Waals surface area contributed by atoms with Gasteiger partial charge in [0.2, 0.25) is 0 Å². The van der Waals surface area contributed by atoms with Crippen LogP contribution in [0.1, 0.15) is 18.9 Å². The molecule has 0 unspecified atom stereocenters. The molecule has 2 rings (SSSR count). The predicted molar refractivity (Wildman–Crippen MR) is 104 cm³/mol. The second-order valence-corrected chi connectivity index (χ2v) is 6.68. The molecule has 0 aliphatic heterocycles. The van der Waals surface area contributed by atoms with Crippen molar-refractivity contribution in [3.63, 3.8) is 0 Å². The largest absolute Gasteiger partial charge is 0.494 e. The number of amides is 1. The third kappa shape index (κ3) is 6.59. The molecule has 0 fully saturated rings. The molecule has 2 aromatic carbocycles. The molecule has 1 N–H and O–H groups in total. The van der Waals surface area contributed by atoms with Crippen molar-refractivity contribution in [1.29, 1.82) is 0 Å². The van der Waals surface area contributed by atoms with Gasteiger partial charge in [0.1, 0.15) is 11.5 Å². The lowest BCUT2D eigenvalue weighted by Crippen LogP contribution is -2.30. The van der Waals surface area contributed by atoms with Crippen LogP contribution < -0.4 is 14.8 Å². The van der Waals surface area contributed by atoms with E-state index in [4.69, 9.17) is 21.1 Å². The minimum atomic E-state index is -0.169. The Hall–Kier alpha value is -1.72. The topological polar surface area (TPSA) is 47.6 Å². The Kier molecular flexibility index (Phi) is 8.09. The van der Waals surface area contributed by atoms with Crippen LogP contribution >= 0.6 is 27.5 Å². The second kappa shape index (κ2) is 10.3. The van der Waals surface area contributed by atoms with Crippen LogP contribution in [0, 0.1) is 0 Å². The van der Waals surface area contributed by atoms with Gasteiger partial charge in [0.25, 0.3) is 5.91 Å². The molecule has 0 aliphatic rings. The highest BCUT2D eigenvalue weighted by Crippen LogP contribution is 2.27. The molecule has 2 aromatic rings. The number of hydrogen-bond acceptors (Lipinski definition) is 3. The summed E-state index contributed by atoms with van der Waals surface area (Å²) in [7, 11) is 0. The Bertz CT molecular complexity index is 709. The maximum Gasteiger partial charge on any atom is 0.257 e. The Balaban J connectivity index is 1.70. The smallest absolute Gasteiger partial charge is 0.257 e. The van der Waals surface area contributed by atoms with Crippen LogP contribution in [0.4, 0.5) is 0 Å². The van der Waals surface area contributed by atoms with Crippen LogP contribution in [-0.4, -0.2) is 25.7 Å². The third-order valence-electron chi connectivity index (χ3n) is 3.47. The Morgan fingerprint density at radius 2 is 1.96 bits per heavy atom. The van der Waals surface area contributed by atoms with Gasteiger partial charge in [-0.05, 0) is 49.6 Å². The van der Waals surface area contributed by atoms with Crippen LogP contribution in [0.5, 0.6) is 11.5 Å². The van der Waals surface area contributed by atoms with Crippen LogP contribution in [0.3, 0.4) is 0 Å². The molecule has 4 nitrogen and oxygen atoms in total. The number of benzene rings is 2. The average Bonchev–Trinajstić information content (AvgIpc) is 2.59. The maximum absolute atomic E-state index is 11.9. The molecule has 134 valence electrons. The first-order chi connectivity index (χ1) is 12.1. The highest BCUT2D eigenvalue weighted by Gasteiger charge is 2.07. The molecule has 0 radical (unpaired) electrons. The van der Waals surface area contributed by atoms with Crippen LogP contribution in [0.2, 0.25) is 5.02 Å². The highest BCUT2D eigenvalue weighted by molar-refractivity contribution is 9.10. The zero-order valence-corrected chi connectivity index (χ0v) is 16.4. The SMILES string of the molecule is CCOc1ccccc1CCCNC(=O)COc1ccc(Br)cc1Cl. The van der Waals surface area contributed by atoms with Gasteiger partial charge in [-0.2, -0.15) is 0 Å². The number of carbonyl (C=O) groups is 1. The summed E-state index contributed by atoms with van der Waals surface area (Å²) in [6.07, 6.45) is 1.67. The van der Waals surface area contributed by atoms with Crippen LogP contribution in [0.15, 0.2) is 46.9 Å². The van der Waals surface area contributed by atoms with E-state index in [0.717, 1.165) is 28.6 Å². The molecular weight excluding hydrogens is 406 g/mol. The summed E-state index contributed by atoms with van der Waals surface area (Å²) in [6, 6.07) is 13.2.